The number of nitrogens with one attached hydrogen (secondary N) is 1. The highest BCUT2D eigenvalue weighted by Crippen LogP contribution is 2.35. The zero-order valence-electron chi connectivity index (χ0n) is 16.0. The number of benzene rings is 2. The lowest BCUT2D eigenvalue weighted by atomic mass is 9.73. The van der Waals surface area contributed by atoms with E-state index in [9.17, 15) is 18.4 Å². The van der Waals surface area contributed by atoms with E-state index in [0.717, 1.165) is 5.56 Å². The van der Waals surface area contributed by atoms with Crippen molar-refractivity contribution in [2.45, 2.75) is 24.7 Å². The van der Waals surface area contributed by atoms with Gasteiger partial charge in [-0.05, 0) is 54.7 Å². The predicted molar refractivity (Wildman–Crippen MR) is 104 cm³/mol. The predicted octanol–water partition coefficient (Wildman–Crippen LogP) is 2.47. The molecule has 0 aromatic heterocycles. The molecular formula is C22H24F2N2O3. The summed E-state index contributed by atoms with van der Waals surface area (Å²) in [7, 11) is 0. The second kappa shape index (κ2) is 9.13. The average molecular weight is 402 g/mol. The van der Waals surface area contributed by atoms with Gasteiger partial charge >= 0.3 is 0 Å². The van der Waals surface area contributed by atoms with Gasteiger partial charge in [-0.1, -0.05) is 24.3 Å². The van der Waals surface area contributed by atoms with Crippen LogP contribution in [0, 0.1) is 17.6 Å². The zero-order chi connectivity index (χ0) is 20.9. The Morgan fingerprint density at radius 3 is 2.10 bits per heavy atom. The first-order valence-corrected chi connectivity index (χ1v) is 9.56. The number of hydrogen-bond acceptors (Lipinski definition) is 3. The Labute approximate surface area is 168 Å². The van der Waals surface area contributed by atoms with Gasteiger partial charge in [0.15, 0.2) is 0 Å². The summed E-state index contributed by atoms with van der Waals surface area (Å²) < 4.78 is 31.9. The fourth-order valence-corrected chi connectivity index (χ4v) is 3.70. The minimum atomic E-state index is -0.843. The van der Waals surface area contributed by atoms with Crippen LogP contribution < -0.4 is 11.1 Å². The second-order valence-electron chi connectivity index (χ2n) is 7.34. The summed E-state index contributed by atoms with van der Waals surface area (Å²) in [4.78, 5) is 25.0. The number of nitrogens with two attached hydrogens (primary N) is 1. The Bertz CT molecular complexity index is 847. The molecule has 2 aromatic carbocycles. The normalized spacial score (nSPS) is 16.8. The maximum atomic E-state index is 13.4. The molecule has 0 spiro atoms. The van der Waals surface area contributed by atoms with Crippen LogP contribution in [-0.2, 0) is 26.2 Å². The average Bonchev–Trinajstić information content (AvgIpc) is 2.73. The van der Waals surface area contributed by atoms with Crippen LogP contribution in [0.15, 0.2) is 48.5 Å². The van der Waals surface area contributed by atoms with E-state index in [-0.39, 0.29) is 24.1 Å². The number of ether oxygens (including phenoxy) is 1. The summed E-state index contributed by atoms with van der Waals surface area (Å²) in [5.41, 5.74) is 6.14. The fraction of sp³-hybridized carbons (Fsp3) is 0.364. The lowest BCUT2D eigenvalue weighted by molar-refractivity contribution is -0.131. The molecule has 2 amide bonds. The van der Waals surface area contributed by atoms with E-state index in [2.05, 4.69) is 5.32 Å². The van der Waals surface area contributed by atoms with Crippen molar-refractivity contribution in [1.82, 2.24) is 5.32 Å². The van der Waals surface area contributed by atoms with E-state index in [1.54, 1.807) is 24.3 Å². The number of halogens is 2. The van der Waals surface area contributed by atoms with Crippen LogP contribution >= 0.6 is 0 Å². The van der Waals surface area contributed by atoms with Crippen LogP contribution in [0.3, 0.4) is 0 Å². The molecule has 2 aromatic rings. The summed E-state index contributed by atoms with van der Waals surface area (Å²) in [5.74, 6) is -2.15. The molecule has 0 radical (unpaired) electrons. The molecule has 5 nitrogen and oxygen atoms in total. The van der Waals surface area contributed by atoms with Crippen LogP contribution in [0.4, 0.5) is 8.78 Å². The fourth-order valence-electron chi connectivity index (χ4n) is 3.70. The standard InChI is InChI=1S/C22H24F2N2O3/c23-18-5-1-15(2-6-18)13-16(20(25)27)14-26-21(28)22(9-11-29-12-10-22)17-3-7-19(24)8-4-17/h1-8,16H,9-14H2,(H2,25,27)(H,26,28). The monoisotopic (exact) mass is 402 g/mol. The van der Waals surface area contributed by atoms with Crippen LogP contribution in [0.1, 0.15) is 24.0 Å². The number of rotatable bonds is 7. The summed E-state index contributed by atoms with van der Waals surface area (Å²) >= 11 is 0. The molecule has 1 atom stereocenters. The Balaban J connectivity index is 1.73. The Hall–Kier alpha value is -2.80. The number of amides is 2. The molecular weight excluding hydrogens is 378 g/mol. The topological polar surface area (TPSA) is 81.4 Å². The minimum absolute atomic E-state index is 0.0648. The summed E-state index contributed by atoms with van der Waals surface area (Å²) in [5, 5.41) is 2.86. The molecule has 1 aliphatic rings. The molecule has 1 unspecified atom stereocenters. The Morgan fingerprint density at radius 2 is 1.55 bits per heavy atom. The number of hydrogen-bond donors (Lipinski definition) is 2. The molecule has 1 heterocycles. The molecule has 154 valence electrons. The molecule has 0 saturated carbocycles. The maximum Gasteiger partial charge on any atom is 0.230 e. The van der Waals surface area contributed by atoms with E-state index in [4.69, 9.17) is 10.5 Å². The largest absolute Gasteiger partial charge is 0.381 e. The van der Waals surface area contributed by atoms with Crippen molar-refractivity contribution in [3.8, 4) is 0 Å². The van der Waals surface area contributed by atoms with Gasteiger partial charge in [0.05, 0.1) is 11.3 Å². The molecule has 7 heteroatoms. The quantitative estimate of drug-likeness (QED) is 0.747. The first-order valence-electron chi connectivity index (χ1n) is 9.56. The summed E-state index contributed by atoms with van der Waals surface area (Å²) in [6.07, 6.45) is 1.22. The van der Waals surface area contributed by atoms with E-state index in [1.807, 2.05) is 0 Å². The van der Waals surface area contributed by atoms with E-state index in [1.165, 1.54) is 24.3 Å². The van der Waals surface area contributed by atoms with Gasteiger partial charge in [-0.2, -0.15) is 0 Å². The molecule has 3 rings (SSSR count). The molecule has 1 fully saturated rings. The first kappa shape index (κ1) is 20.9. The van der Waals surface area contributed by atoms with Crippen molar-refractivity contribution in [3.05, 3.63) is 71.3 Å². The SMILES string of the molecule is NC(=O)C(CNC(=O)C1(c2ccc(F)cc2)CCOCC1)Cc1ccc(F)cc1. The van der Waals surface area contributed by atoms with Crippen LogP contribution in [0.2, 0.25) is 0 Å². The van der Waals surface area contributed by atoms with Crippen molar-refractivity contribution in [3.63, 3.8) is 0 Å². The molecule has 0 aliphatic carbocycles. The molecule has 3 N–H and O–H groups in total. The Morgan fingerprint density at radius 1 is 1.00 bits per heavy atom. The van der Waals surface area contributed by atoms with Crippen molar-refractivity contribution >= 4 is 11.8 Å². The number of carbonyl (C=O) groups excluding carboxylic acids is 2. The van der Waals surface area contributed by atoms with Gasteiger partial charge in [-0.25, -0.2) is 8.78 Å². The maximum absolute atomic E-state index is 13.4. The van der Waals surface area contributed by atoms with Gasteiger partial charge < -0.3 is 15.8 Å². The highest BCUT2D eigenvalue weighted by molar-refractivity contribution is 5.89. The van der Waals surface area contributed by atoms with Crippen molar-refractivity contribution in [2.75, 3.05) is 19.8 Å². The van der Waals surface area contributed by atoms with Crippen LogP contribution in [0.25, 0.3) is 0 Å². The van der Waals surface area contributed by atoms with Crippen molar-refractivity contribution in [1.29, 1.82) is 0 Å². The minimum Gasteiger partial charge on any atom is -0.381 e. The third-order valence-electron chi connectivity index (χ3n) is 5.48. The van der Waals surface area contributed by atoms with E-state index >= 15 is 0 Å². The highest BCUT2D eigenvalue weighted by atomic mass is 19.1. The first-order chi connectivity index (χ1) is 13.9. The summed E-state index contributed by atoms with van der Waals surface area (Å²) in [6, 6.07) is 11.7. The third kappa shape index (κ3) is 4.98. The van der Waals surface area contributed by atoms with Gasteiger partial charge in [-0.15, -0.1) is 0 Å². The van der Waals surface area contributed by atoms with Crippen molar-refractivity contribution in [2.24, 2.45) is 11.7 Å². The van der Waals surface area contributed by atoms with E-state index in [0.29, 0.717) is 38.0 Å². The Kier molecular flexibility index (Phi) is 6.59. The third-order valence-corrected chi connectivity index (χ3v) is 5.48. The lowest BCUT2D eigenvalue weighted by Gasteiger charge is -2.36. The van der Waals surface area contributed by atoms with Crippen molar-refractivity contribution < 1.29 is 23.1 Å². The lowest BCUT2D eigenvalue weighted by Crippen LogP contribution is -2.50. The van der Waals surface area contributed by atoms with Gasteiger partial charge in [0.25, 0.3) is 0 Å². The zero-order valence-corrected chi connectivity index (χ0v) is 16.0. The van der Waals surface area contributed by atoms with Crippen LogP contribution in [0.5, 0.6) is 0 Å². The molecule has 0 bridgehead atoms. The molecule has 1 saturated heterocycles. The molecule has 29 heavy (non-hydrogen) atoms. The van der Waals surface area contributed by atoms with E-state index < -0.39 is 17.2 Å². The second-order valence-corrected chi connectivity index (χ2v) is 7.34. The van der Waals surface area contributed by atoms with Gasteiger partial charge in [0.2, 0.25) is 11.8 Å². The van der Waals surface area contributed by atoms with Gasteiger partial charge in [0, 0.05) is 19.8 Å². The van der Waals surface area contributed by atoms with Gasteiger partial charge in [-0.3, -0.25) is 9.59 Å². The van der Waals surface area contributed by atoms with Gasteiger partial charge in [0.1, 0.15) is 11.6 Å². The smallest absolute Gasteiger partial charge is 0.230 e. The number of carbonyl (C=O) groups is 2. The summed E-state index contributed by atoms with van der Waals surface area (Å²) in [6.45, 7) is 0.897. The van der Waals surface area contributed by atoms with Crippen LogP contribution in [-0.4, -0.2) is 31.6 Å². The number of primary amides is 1. The molecule has 1 aliphatic heterocycles. The highest BCUT2D eigenvalue weighted by Gasteiger charge is 2.41.